The first-order valence-corrected chi connectivity index (χ1v) is 21.0. The van der Waals surface area contributed by atoms with Crippen LogP contribution in [0.5, 0.6) is 23.0 Å². The van der Waals surface area contributed by atoms with E-state index in [1.807, 2.05) is 36.4 Å². The number of benzene rings is 10. The summed E-state index contributed by atoms with van der Waals surface area (Å²) in [6.45, 7) is 0. The van der Waals surface area contributed by atoms with Gasteiger partial charge in [0.1, 0.15) is 5.69 Å². The highest BCUT2D eigenvalue weighted by atomic mass is 16.5. The van der Waals surface area contributed by atoms with E-state index in [0.29, 0.717) is 0 Å². The molecule has 292 valence electrons. The molecule has 0 unspecified atom stereocenters. The van der Waals surface area contributed by atoms with Gasteiger partial charge in [0.05, 0.1) is 11.4 Å². The predicted molar refractivity (Wildman–Crippen MR) is 255 cm³/mol. The molecule has 0 aromatic heterocycles. The summed E-state index contributed by atoms with van der Waals surface area (Å²) >= 11 is 0. The summed E-state index contributed by atoms with van der Waals surface area (Å²) in [5, 5.41) is 2.49. The number of anilines is 6. The second-order valence-electron chi connectivity index (χ2n) is 15.8. The maximum Gasteiger partial charge on any atom is 0.155 e. The van der Waals surface area contributed by atoms with Crippen molar-refractivity contribution < 1.29 is 9.47 Å². The highest BCUT2D eigenvalue weighted by Gasteiger charge is 2.34. The van der Waals surface area contributed by atoms with Crippen molar-refractivity contribution in [2.75, 3.05) is 9.80 Å². The average molecular weight is 795 g/mol. The third-order valence-electron chi connectivity index (χ3n) is 12.0. The molecule has 0 saturated carbocycles. The molecule has 0 saturated heterocycles. The Labute approximate surface area is 360 Å². The van der Waals surface area contributed by atoms with Crippen LogP contribution in [0.25, 0.3) is 55.3 Å². The second-order valence-corrected chi connectivity index (χ2v) is 15.8. The van der Waals surface area contributed by atoms with E-state index in [2.05, 4.69) is 204 Å². The Bertz CT molecular complexity index is 3290. The van der Waals surface area contributed by atoms with Crippen molar-refractivity contribution in [1.29, 1.82) is 0 Å². The largest absolute Gasteiger partial charge is 0.453 e. The van der Waals surface area contributed by atoms with Crippen LogP contribution in [0.2, 0.25) is 0 Å². The first-order valence-electron chi connectivity index (χ1n) is 21.0. The molecule has 4 nitrogen and oxygen atoms in total. The molecule has 10 aromatic rings. The zero-order chi connectivity index (χ0) is 41.0. The summed E-state index contributed by atoms with van der Waals surface area (Å²) in [6, 6.07) is 81.8. The molecule has 0 N–H and O–H groups in total. The van der Waals surface area contributed by atoms with E-state index in [9.17, 15) is 0 Å². The Kier molecular flexibility index (Phi) is 8.46. The normalized spacial score (nSPS) is 12.1. The Morgan fingerprint density at radius 2 is 0.710 bits per heavy atom. The minimum Gasteiger partial charge on any atom is -0.453 e. The SMILES string of the molecule is c1ccc(-c2ccc(N(c3ccc(-c4cccc(-c5ccc6c(c5)Oc5cccc7c5N6c5ccccc5O7)c4)cc3)c3ccc(-c4ccc5ccccc5c4)cc3)cc2)cc1. The molecule has 2 aliphatic rings. The van der Waals surface area contributed by atoms with E-state index in [0.717, 1.165) is 79.4 Å². The van der Waals surface area contributed by atoms with E-state index in [1.165, 1.54) is 33.0 Å². The van der Waals surface area contributed by atoms with Crippen LogP contribution >= 0.6 is 0 Å². The van der Waals surface area contributed by atoms with Gasteiger partial charge < -0.3 is 14.4 Å². The number of hydrogen-bond donors (Lipinski definition) is 0. The van der Waals surface area contributed by atoms with E-state index >= 15 is 0 Å². The van der Waals surface area contributed by atoms with Crippen LogP contribution in [0.3, 0.4) is 0 Å². The Morgan fingerprint density at radius 1 is 0.274 bits per heavy atom. The third-order valence-corrected chi connectivity index (χ3v) is 12.0. The van der Waals surface area contributed by atoms with Crippen molar-refractivity contribution in [1.82, 2.24) is 0 Å². The lowest BCUT2D eigenvalue weighted by atomic mass is 9.97. The topological polar surface area (TPSA) is 24.9 Å². The Hall–Kier alpha value is -8.34. The molecule has 0 spiro atoms. The zero-order valence-corrected chi connectivity index (χ0v) is 33.7. The number of ether oxygens (including phenoxy) is 2. The molecule has 0 atom stereocenters. The molecule has 4 heteroatoms. The maximum absolute atomic E-state index is 6.57. The molecule has 0 bridgehead atoms. The first-order chi connectivity index (χ1) is 30.7. The standard InChI is InChI=1S/C58H38N2O2/c1-2-10-39(11-3-1)41-22-29-49(30-23-41)59(51-33-26-43(27-34-51)47-21-20-40-12-4-5-13-44(40)37-47)50-31-24-42(25-32-50)45-14-8-15-46(36-45)48-28-35-53-57(38-48)62-56-19-9-18-55-58(56)60(53)52-16-6-7-17-54(52)61-55/h1-38H. The maximum atomic E-state index is 6.57. The van der Waals surface area contributed by atoms with E-state index < -0.39 is 0 Å². The van der Waals surface area contributed by atoms with Crippen molar-refractivity contribution in [3.05, 3.63) is 231 Å². The highest BCUT2D eigenvalue weighted by molar-refractivity contribution is 5.95. The fourth-order valence-electron chi connectivity index (χ4n) is 8.92. The molecular formula is C58H38N2O2. The number of hydrogen-bond acceptors (Lipinski definition) is 4. The summed E-state index contributed by atoms with van der Waals surface area (Å²) < 4.78 is 12.9. The highest BCUT2D eigenvalue weighted by Crippen LogP contribution is 2.59. The van der Waals surface area contributed by atoms with Gasteiger partial charge in [-0.25, -0.2) is 0 Å². The minimum atomic E-state index is 0.776. The summed E-state index contributed by atoms with van der Waals surface area (Å²) in [5.41, 5.74) is 15.4. The molecule has 0 fully saturated rings. The van der Waals surface area contributed by atoms with Gasteiger partial charge in [0.15, 0.2) is 23.0 Å². The van der Waals surface area contributed by atoms with Gasteiger partial charge in [-0.15, -0.1) is 0 Å². The lowest BCUT2D eigenvalue weighted by Crippen LogP contribution is -2.20. The van der Waals surface area contributed by atoms with Crippen molar-refractivity contribution in [2.45, 2.75) is 0 Å². The summed E-state index contributed by atoms with van der Waals surface area (Å²) in [6.07, 6.45) is 0. The third kappa shape index (κ3) is 6.25. The smallest absolute Gasteiger partial charge is 0.155 e. The molecule has 0 radical (unpaired) electrons. The van der Waals surface area contributed by atoms with Crippen molar-refractivity contribution in [3.8, 4) is 67.5 Å². The number of nitrogens with zero attached hydrogens (tertiary/aromatic N) is 2. The van der Waals surface area contributed by atoms with Gasteiger partial charge in [0.25, 0.3) is 0 Å². The summed E-state index contributed by atoms with van der Waals surface area (Å²) in [4.78, 5) is 4.59. The Morgan fingerprint density at radius 3 is 1.40 bits per heavy atom. The molecule has 12 rings (SSSR count). The van der Waals surface area contributed by atoms with Crippen LogP contribution in [-0.4, -0.2) is 0 Å². The molecule has 0 aliphatic carbocycles. The zero-order valence-electron chi connectivity index (χ0n) is 33.7. The fourth-order valence-corrected chi connectivity index (χ4v) is 8.92. The average Bonchev–Trinajstić information content (AvgIpc) is 3.34. The molecule has 10 aromatic carbocycles. The van der Waals surface area contributed by atoms with Gasteiger partial charge in [-0.05, 0) is 140 Å². The molecule has 62 heavy (non-hydrogen) atoms. The molecular weight excluding hydrogens is 757 g/mol. The number of para-hydroxylation sites is 3. The quantitative estimate of drug-likeness (QED) is 0.160. The van der Waals surface area contributed by atoms with Crippen LogP contribution in [0.1, 0.15) is 0 Å². The van der Waals surface area contributed by atoms with Gasteiger partial charge in [-0.1, -0.05) is 146 Å². The van der Waals surface area contributed by atoms with Gasteiger partial charge in [-0.3, -0.25) is 4.90 Å². The van der Waals surface area contributed by atoms with Gasteiger partial charge >= 0.3 is 0 Å². The number of rotatable bonds is 7. The minimum absolute atomic E-state index is 0.776. The van der Waals surface area contributed by atoms with Gasteiger partial charge in [0.2, 0.25) is 0 Å². The lowest BCUT2D eigenvalue weighted by Gasteiger charge is -2.37. The predicted octanol–water partition coefficient (Wildman–Crippen LogP) is 16.7. The number of fused-ring (bicyclic) bond motifs is 5. The van der Waals surface area contributed by atoms with Gasteiger partial charge in [-0.2, -0.15) is 0 Å². The molecule has 0 amide bonds. The van der Waals surface area contributed by atoms with Crippen LogP contribution in [0.15, 0.2) is 231 Å². The van der Waals surface area contributed by atoms with Crippen LogP contribution in [-0.2, 0) is 0 Å². The molecule has 2 heterocycles. The first kappa shape index (κ1) is 35.6. The molecule has 2 aliphatic heterocycles. The monoisotopic (exact) mass is 794 g/mol. The van der Waals surface area contributed by atoms with Crippen LogP contribution < -0.4 is 19.3 Å². The van der Waals surface area contributed by atoms with E-state index in [1.54, 1.807) is 0 Å². The van der Waals surface area contributed by atoms with Crippen molar-refractivity contribution >= 4 is 44.9 Å². The second kappa shape index (κ2) is 14.7. The lowest BCUT2D eigenvalue weighted by molar-refractivity contribution is 0.446. The summed E-state index contributed by atoms with van der Waals surface area (Å²) in [5.74, 6) is 3.19. The van der Waals surface area contributed by atoms with Crippen LogP contribution in [0.4, 0.5) is 34.1 Å². The fraction of sp³-hybridized carbons (Fsp3) is 0. The van der Waals surface area contributed by atoms with Gasteiger partial charge in [0, 0.05) is 17.1 Å². The summed E-state index contributed by atoms with van der Waals surface area (Å²) in [7, 11) is 0. The van der Waals surface area contributed by atoms with E-state index in [4.69, 9.17) is 9.47 Å². The van der Waals surface area contributed by atoms with Crippen molar-refractivity contribution in [3.63, 3.8) is 0 Å². The van der Waals surface area contributed by atoms with Crippen molar-refractivity contribution in [2.24, 2.45) is 0 Å². The van der Waals surface area contributed by atoms with Crippen LogP contribution in [0, 0.1) is 0 Å². The Balaban J connectivity index is 0.867. The van der Waals surface area contributed by atoms with E-state index in [-0.39, 0.29) is 0 Å².